The van der Waals surface area contributed by atoms with E-state index in [-0.39, 0.29) is 29.8 Å². The zero-order valence-electron chi connectivity index (χ0n) is 41.1. The number of esters is 2. The van der Waals surface area contributed by atoms with Crippen molar-refractivity contribution in [3.63, 3.8) is 0 Å². The van der Waals surface area contributed by atoms with Crippen molar-refractivity contribution in [3.8, 4) is 0 Å². The van der Waals surface area contributed by atoms with Gasteiger partial charge in [0.05, 0.1) is 0 Å². The topological polar surface area (TPSA) is 126 Å². The van der Waals surface area contributed by atoms with Crippen LogP contribution in [0.15, 0.2) is 11.9 Å². The molecule has 1 fully saturated rings. The third-order valence-corrected chi connectivity index (χ3v) is 12.5. The number of imide groups is 1. The molecule has 0 saturated carbocycles. The number of nitrogens with zero attached hydrogens (tertiary/aromatic N) is 1. The molecule has 362 valence electrons. The monoisotopic (exact) mass is 875 g/mol. The van der Waals surface area contributed by atoms with Gasteiger partial charge in [-0.25, -0.2) is 4.79 Å². The normalized spacial score (nSPS) is 14.8. The highest BCUT2D eigenvalue weighted by Crippen LogP contribution is 2.22. The van der Waals surface area contributed by atoms with E-state index >= 15 is 0 Å². The van der Waals surface area contributed by atoms with Crippen LogP contribution < -0.4 is 16.0 Å². The molecule has 62 heavy (non-hydrogen) atoms. The number of carbonyl (C=O) groups excluding carboxylic acids is 4. The maximum absolute atomic E-state index is 13.0. The molecule has 1 aliphatic heterocycles. The minimum Gasteiger partial charge on any atom is -0.462 e. The van der Waals surface area contributed by atoms with Gasteiger partial charge in [-0.15, -0.1) is 0 Å². The molecule has 0 aromatic heterocycles. The lowest BCUT2D eigenvalue weighted by atomic mass is 9.94. The molecule has 10 nitrogen and oxygen atoms in total. The summed E-state index contributed by atoms with van der Waals surface area (Å²) in [7, 11) is 0. The number of urea groups is 1. The second kappa shape index (κ2) is 41.1. The van der Waals surface area contributed by atoms with Gasteiger partial charge < -0.3 is 25.0 Å². The van der Waals surface area contributed by atoms with Gasteiger partial charge in [0.2, 0.25) is 0 Å². The van der Waals surface area contributed by atoms with Crippen LogP contribution >= 0.6 is 0 Å². The van der Waals surface area contributed by atoms with Gasteiger partial charge in [-0.2, -0.15) is 0 Å². The molecule has 1 rings (SSSR count). The van der Waals surface area contributed by atoms with E-state index in [1.807, 2.05) is 0 Å². The Bertz CT molecular complexity index is 1150. The highest BCUT2D eigenvalue weighted by Gasteiger charge is 2.22. The van der Waals surface area contributed by atoms with Gasteiger partial charge >= 0.3 is 18.0 Å². The second-order valence-corrected chi connectivity index (χ2v) is 18.6. The third-order valence-electron chi connectivity index (χ3n) is 12.5. The molecule has 3 atom stereocenters. The first-order valence-electron chi connectivity index (χ1n) is 26.4. The van der Waals surface area contributed by atoms with Crippen LogP contribution in [0.3, 0.4) is 0 Å². The maximum Gasteiger partial charge on any atom is 0.326 e. The molecule has 10 heteroatoms. The van der Waals surface area contributed by atoms with Crippen molar-refractivity contribution in [1.82, 2.24) is 20.9 Å². The molecule has 3 N–H and O–H groups in total. The molecule has 0 spiro atoms. The number of unbranched alkanes of at least 4 members (excludes halogenated alkanes) is 21. The van der Waals surface area contributed by atoms with Crippen LogP contribution in [0.25, 0.3) is 0 Å². The lowest BCUT2D eigenvalue weighted by Crippen LogP contribution is -2.29. The molecule has 2 unspecified atom stereocenters. The average Bonchev–Trinajstić information content (AvgIpc) is 3.58. The number of ether oxygens (including phenoxy) is 2. The fourth-order valence-corrected chi connectivity index (χ4v) is 8.52. The van der Waals surface area contributed by atoms with Crippen molar-refractivity contribution >= 4 is 23.9 Å². The van der Waals surface area contributed by atoms with E-state index in [1.54, 1.807) is 6.20 Å². The Hall–Kier alpha value is -2.62. The number of hydrogen-bond acceptors (Lipinski definition) is 8. The van der Waals surface area contributed by atoms with Crippen molar-refractivity contribution in [2.24, 2.45) is 5.92 Å². The van der Waals surface area contributed by atoms with Gasteiger partial charge in [0.15, 0.2) is 0 Å². The number of amides is 3. The van der Waals surface area contributed by atoms with E-state index in [2.05, 4.69) is 55.5 Å². The van der Waals surface area contributed by atoms with Gasteiger partial charge in [0.25, 0.3) is 5.91 Å². The van der Waals surface area contributed by atoms with E-state index in [1.165, 1.54) is 96.3 Å². The lowest BCUT2D eigenvalue weighted by Gasteiger charge is -2.22. The van der Waals surface area contributed by atoms with E-state index in [9.17, 15) is 19.2 Å². The highest BCUT2D eigenvalue weighted by molar-refractivity contribution is 6.11. The number of hydrogen-bond donors (Lipinski definition) is 3. The first-order chi connectivity index (χ1) is 30.2. The van der Waals surface area contributed by atoms with Crippen molar-refractivity contribution < 1.29 is 28.7 Å². The maximum atomic E-state index is 13.0. The number of nitrogens with one attached hydrogen (secondary N) is 3. The molecule has 1 saturated heterocycles. The summed E-state index contributed by atoms with van der Waals surface area (Å²) in [4.78, 5) is 51.2. The summed E-state index contributed by atoms with van der Waals surface area (Å²) in [6, 6.07) is -0.487. The molecular formula is C52H98N4O6. The molecule has 0 radical (unpaired) electrons. The Kier molecular flexibility index (Phi) is 38.1. The first-order valence-corrected chi connectivity index (χ1v) is 26.4. The second-order valence-electron chi connectivity index (χ2n) is 18.6. The van der Waals surface area contributed by atoms with Crippen molar-refractivity contribution in [3.05, 3.63) is 11.9 Å². The van der Waals surface area contributed by atoms with E-state index < -0.39 is 11.9 Å². The van der Waals surface area contributed by atoms with Crippen molar-refractivity contribution in [2.75, 3.05) is 26.2 Å². The molecule has 3 amide bonds. The van der Waals surface area contributed by atoms with Crippen LogP contribution in [0.5, 0.6) is 0 Å². The summed E-state index contributed by atoms with van der Waals surface area (Å²) in [5.41, 5.74) is 0.252. The average molecular weight is 875 g/mol. The molecule has 0 aliphatic carbocycles. The van der Waals surface area contributed by atoms with Crippen molar-refractivity contribution in [1.29, 1.82) is 0 Å². The molecule has 0 aromatic rings. The minimum absolute atomic E-state index is 0.00518. The minimum atomic E-state index is -0.487. The molecule has 1 heterocycles. The van der Waals surface area contributed by atoms with Crippen LogP contribution in [0, 0.1) is 5.92 Å². The predicted octanol–water partition coefficient (Wildman–Crippen LogP) is 13.4. The fourth-order valence-electron chi connectivity index (χ4n) is 8.52. The van der Waals surface area contributed by atoms with E-state index in [4.69, 9.17) is 9.47 Å². The molecule has 0 aromatic carbocycles. The smallest absolute Gasteiger partial charge is 0.326 e. The molecule has 0 bridgehead atoms. The van der Waals surface area contributed by atoms with E-state index in [0.29, 0.717) is 25.3 Å². The standard InChI is InChI=1S/C52H98N4O6/c1-6-10-13-16-20-27-35-46(9-4)61-49(57)37-29-22-18-24-31-40-56(42-33-39-53-44-48-51(59)55-52(60)54-48)41-32-25-19-23-30-38-50(58)62-47(36-28-21-17-14-11-7-2)43-45(5)34-26-15-12-8-3/h44-47,53H,6-43H2,1-5H3,(H2,54,55,59,60)/b48-44-/t45-,46?,47?/m1/s1. The van der Waals surface area contributed by atoms with Gasteiger partial charge in [0.1, 0.15) is 17.9 Å². The Morgan fingerprint density at radius 3 is 1.50 bits per heavy atom. The summed E-state index contributed by atoms with van der Waals surface area (Å²) < 4.78 is 11.9. The van der Waals surface area contributed by atoms with Crippen LogP contribution in [0.4, 0.5) is 4.79 Å². The summed E-state index contributed by atoms with van der Waals surface area (Å²) >= 11 is 0. The third kappa shape index (κ3) is 33.9. The SMILES string of the molecule is CCCCCCCCC(CC)OC(=O)CCCCCCCN(CCCCCCCC(=O)OC(CCCCCCCC)C[C@H](C)CCCCCC)CCCN/C=C1\NC(=O)NC1=O. The summed E-state index contributed by atoms with van der Waals surface area (Å²) in [5.74, 6) is 0.157. The first kappa shape index (κ1) is 57.4. The van der Waals surface area contributed by atoms with Crippen LogP contribution in [-0.4, -0.2) is 67.2 Å². The summed E-state index contributed by atoms with van der Waals surface area (Å²) in [5, 5.41) is 7.92. The van der Waals surface area contributed by atoms with Gasteiger partial charge in [0, 0.05) is 25.6 Å². The number of carbonyl (C=O) groups is 4. The van der Waals surface area contributed by atoms with Crippen LogP contribution in [-0.2, 0) is 23.9 Å². The quantitative estimate of drug-likeness (QED) is 0.0239. The lowest BCUT2D eigenvalue weighted by molar-refractivity contribution is -0.151. The van der Waals surface area contributed by atoms with Crippen LogP contribution in [0.1, 0.15) is 253 Å². The molecule has 1 aliphatic rings. The van der Waals surface area contributed by atoms with Crippen LogP contribution in [0.2, 0.25) is 0 Å². The zero-order valence-corrected chi connectivity index (χ0v) is 41.1. The Morgan fingerprint density at radius 1 is 0.548 bits per heavy atom. The Balaban J connectivity index is 2.42. The zero-order chi connectivity index (χ0) is 45.3. The number of rotatable bonds is 45. The fraction of sp³-hybridized carbons (Fsp3) is 0.885. The Morgan fingerprint density at radius 2 is 0.984 bits per heavy atom. The summed E-state index contributed by atoms with van der Waals surface area (Å²) in [6.45, 7) is 15.0. The van der Waals surface area contributed by atoms with Gasteiger partial charge in [-0.1, -0.05) is 169 Å². The predicted molar refractivity (Wildman–Crippen MR) is 258 cm³/mol. The van der Waals surface area contributed by atoms with Gasteiger partial charge in [-0.3, -0.25) is 19.7 Å². The highest BCUT2D eigenvalue weighted by atomic mass is 16.5. The van der Waals surface area contributed by atoms with E-state index in [0.717, 1.165) is 129 Å². The van der Waals surface area contributed by atoms with Gasteiger partial charge in [-0.05, 0) is 96.2 Å². The summed E-state index contributed by atoms with van der Waals surface area (Å²) in [6.07, 6.45) is 39.8. The Labute approximate surface area is 381 Å². The molecular weight excluding hydrogens is 777 g/mol. The van der Waals surface area contributed by atoms with Crippen molar-refractivity contribution in [2.45, 2.75) is 265 Å². The largest absolute Gasteiger partial charge is 0.462 e.